The number of nitrogens with zero attached hydrogens (tertiary/aromatic N) is 1. The van der Waals surface area contributed by atoms with Gasteiger partial charge in [-0.1, -0.05) is 17.7 Å². The molecule has 0 bridgehead atoms. The first kappa shape index (κ1) is 13.8. The Bertz CT molecular complexity index is 409. The highest BCUT2D eigenvalue weighted by Crippen LogP contribution is 2.24. The number of carbonyl (C=O) groups is 1. The van der Waals surface area contributed by atoms with Crippen molar-refractivity contribution >= 4 is 17.6 Å². The fraction of sp³-hybridized carbons (Fsp3) is 0.417. The molecule has 17 heavy (non-hydrogen) atoms. The fourth-order valence-corrected chi connectivity index (χ4v) is 1.61. The maximum absolute atomic E-state index is 10.8. The summed E-state index contributed by atoms with van der Waals surface area (Å²) < 4.78 is 5.21. The molecule has 0 amide bonds. The minimum absolute atomic E-state index is 0.494. The number of ether oxygens (including phenoxy) is 1. The number of hydrogen-bond donors (Lipinski definition) is 1. The molecule has 0 heterocycles. The van der Waals surface area contributed by atoms with E-state index in [2.05, 4.69) is 0 Å². The molecule has 1 aromatic carbocycles. The molecule has 0 saturated carbocycles. The zero-order chi connectivity index (χ0) is 13.0. The highest BCUT2D eigenvalue weighted by molar-refractivity contribution is 6.30. The van der Waals surface area contributed by atoms with E-state index in [0.717, 1.165) is 5.56 Å². The number of carboxylic acid groups (broad SMARTS) is 1. The van der Waals surface area contributed by atoms with Crippen LogP contribution in [0, 0.1) is 0 Å². The first-order valence-electron chi connectivity index (χ1n) is 5.21. The SMILES string of the molecule is COc1cc(Cl)ccc1CN(C)C(C)C(=O)O. The maximum Gasteiger partial charge on any atom is 0.320 e. The molecule has 0 aliphatic carbocycles. The van der Waals surface area contributed by atoms with Crippen molar-refractivity contribution in [2.75, 3.05) is 14.2 Å². The first-order chi connectivity index (χ1) is 7.95. The summed E-state index contributed by atoms with van der Waals surface area (Å²) in [4.78, 5) is 12.6. The van der Waals surface area contributed by atoms with E-state index in [1.165, 1.54) is 0 Å². The van der Waals surface area contributed by atoms with Crippen molar-refractivity contribution in [1.29, 1.82) is 0 Å². The van der Waals surface area contributed by atoms with Gasteiger partial charge in [0, 0.05) is 17.1 Å². The highest BCUT2D eigenvalue weighted by atomic mass is 35.5. The van der Waals surface area contributed by atoms with E-state index in [-0.39, 0.29) is 0 Å². The second-order valence-corrected chi connectivity index (χ2v) is 4.32. The molecule has 0 aliphatic rings. The monoisotopic (exact) mass is 257 g/mol. The van der Waals surface area contributed by atoms with Crippen LogP contribution in [0.4, 0.5) is 0 Å². The van der Waals surface area contributed by atoms with E-state index in [9.17, 15) is 4.79 Å². The smallest absolute Gasteiger partial charge is 0.320 e. The van der Waals surface area contributed by atoms with Crippen molar-refractivity contribution in [2.24, 2.45) is 0 Å². The second-order valence-electron chi connectivity index (χ2n) is 3.89. The van der Waals surface area contributed by atoms with Crippen molar-refractivity contribution in [2.45, 2.75) is 19.5 Å². The Morgan fingerprint density at radius 1 is 1.59 bits per heavy atom. The Hall–Kier alpha value is -1.26. The third kappa shape index (κ3) is 3.61. The molecule has 5 heteroatoms. The molecule has 0 saturated heterocycles. The van der Waals surface area contributed by atoms with Crippen LogP contribution >= 0.6 is 11.6 Å². The Morgan fingerprint density at radius 2 is 2.24 bits per heavy atom. The molecule has 0 spiro atoms. The Morgan fingerprint density at radius 3 is 2.76 bits per heavy atom. The number of halogens is 1. The summed E-state index contributed by atoms with van der Waals surface area (Å²) in [7, 11) is 3.32. The number of methoxy groups -OCH3 is 1. The zero-order valence-corrected chi connectivity index (χ0v) is 10.9. The molecule has 0 aromatic heterocycles. The summed E-state index contributed by atoms with van der Waals surface area (Å²) in [6, 6.07) is 4.77. The van der Waals surface area contributed by atoms with Crippen LogP contribution in [0.5, 0.6) is 5.75 Å². The average Bonchev–Trinajstić information content (AvgIpc) is 2.30. The molecule has 0 fully saturated rings. The molecule has 1 atom stereocenters. The summed E-state index contributed by atoms with van der Waals surface area (Å²) >= 11 is 5.86. The van der Waals surface area contributed by atoms with Crippen molar-refractivity contribution in [1.82, 2.24) is 4.90 Å². The van der Waals surface area contributed by atoms with Gasteiger partial charge in [0.25, 0.3) is 0 Å². The molecule has 0 aliphatic heterocycles. The van der Waals surface area contributed by atoms with E-state index in [4.69, 9.17) is 21.4 Å². The third-order valence-corrected chi connectivity index (χ3v) is 2.92. The minimum Gasteiger partial charge on any atom is -0.496 e. The Kier molecular flexibility index (Phi) is 4.78. The molecule has 1 rings (SSSR count). The van der Waals surface area contributed by atoms with Crippen molar-refractivity contribution < 1.29 is 14.6 Å². The van der Waals surface area contributed by atoms with Crippen molar-refractivity contribution in [3.05, 3.63) is 28.8 Å². The predicted octanol–water partition coefficient (Wildman–Crippen LogP) is 2.25. The molecule has 1 N–H and O–H groups in total. The maximum atomic E-state index is 10.8. The van der Waals surface area contributed by atoms with E-state index in [1.54, 1.807) is 38.1 Å². The number of benzene rings is 1. The van der Waals surface area contributed by atoms with Gasteiger partial charge in [-0.25, -0.2) is 0 Å². The summed E-state index contributed by atoms with van der Waals surface area (Å²) in [5.74, 6) is -0.178. The molecule has 0 radical (unpaired) electrons. The number of likely N-dealkylation sites (N-methyl/N-ethyl adjacent to an activating group) is 1. The lowest BCUT2D eigenvalue weighted by atomic mass is 10.1. The first-order valence-corrected chi connectivity index (χ1v) is 5.59. The van der Waals surface area contributed by atoms with Crippen LogP contribution in [0.1, 0.15) is 12.5 Å². The van der Waals surface area contributed by atoms with Gasteiger partial charge in [-0.2, -0.15) is 0 Å². The van der Waals surface area contributed by atoms with Crippen LogP contribution in [-0.4, -0.2) is 36.2 Å². The van der Waals surface area contributed by atoms with Gasteiger partial charge in [-0.05, 0) is 26.1 Å². The second kappa shape index (κ2) is 5.89. The fourth-order valence-electron chi connectivity index (χ4n) is 1.44. The van der Waals surface area contributed by atoms with Crippen molar-refractivity contribution in [3.8, 4) is 5.75 Å². The summed E-state index contributed by atoms with van der Waals surface area (Å²) in [6.07, 6.45) is 0. The highest BCUT2D eigenvalue weighted by Gasteiger charge is 2.18. The zero-order valence-electron chi connectivity index (χ0n) is 10.1. The van der Waals surface area contributed by atoms with Crippen LogP contribution in [0.25, 0.3) is 0 Å². The molecular weight excluding hydrogens is 242 g/mol. The predicted molar refractivity (Wildman–Crippen MR) is 66.6 cm³/mol. The van der Waals surface area contributed by atoms with Gasteiger partial charge in [0.1, 0.15) is 11.8 Å². The van der Waals surface area contributed by atoms with Crippen LogP contribution in [0.15, 0.2) is 18.2 Å². The van der Waals surface area contributed by atoms with E-state index >= 15 is 0 Å². The molecule has 4 nitrogen and oxygen atoms in total. The van der Waals surface area contributed by atoms with Crippen LogP contribution in [0.2, 0.25) is 5.02 Å². The molecule has 1 unspecified atom stereocenters. The number of carboxylic acids is 1. The van der Waals surface area contributed by atoms with Gasteiger partial charge in [0.15, 0.2) is 0 Å². The summed E-state index contributed by atoms with van der Waals surface area (Å²) in [5, 5.41) is 9.50. The average molecular weight is 258 g/mol. The topological polar surface area (TPSA) is 49.8 Å². The lowest BCUT2D eigenvalue weighted by Crippen LogP contribution is -2.35. The molecular formula is C12H16ClNO3. The normalized spacial score (nSPS) is 12.5. The van der Waals surface area contributed by atoms with Gasteiger partial charge < -0.3 is 9.84 Å². The van der Waals surface area contributed by atoms with Gasteiger partial charge in [-0.3, -0.25) is 9.69 Å². The number of aliphatic carboxylic acids is 1. The lowest BCUT2D eigenvalue weighted by molar-refractivity contribution is -0.142. The lowest BCUT2D eigenvalue weighted by Gasteiger charge is -2.22. The van der Waals surface area contributed by atoms with Crippen LogP contribution in [0.3, 0.4) is 0 Å². The third-order valence-electron chi connectivity index (χ3n) is 2.69. The van der Waals surface area contributed by atoms with E-state index in [1.807, 2.05) is 6.07 Å². The molecule has 94 valence electrons. The van der Waals surface area contributed by atoms with Crippen LogP contribution < -0.4 is 4.74 Å². The van der Waals surface area contributed by atoms with Gasteiger partial charge in [0.2, 0.25) is 0 Å². The van der Waals surface area contributed by atoms with Gasteiger partial charge >= 0.3 is 5.97 Å². The summed E-state index contributed by atoms with van der Waals surface area (Å²) in [5.41, 5.74) is 0.910. The largest absolute Gasteiger partial charge is 0.496 e. The van der Waals surface area contributed by atoms with E-state index < -0.39 is 12.0 Å². The minimum atomic E-state index is -0.847. The number of hydrogen-bond acceptors (Lipinski definition) is 3. The number of rotatable bonds is 5. The van der Waals surface area contributed by atoms with Gasteiger partial charge in [-0.15, -0.1) is 0 Å². The Balaban J connectivity index is 2.84. The van der Waals surface area contributed by atoms with Crippen molar-refractivity contribution in [3.63, 3.8) is 0 Å². The van der Waals surface area contributed by atoms with Crippen LogP contribution in [-0.2, 0) is 11.3 Å². The van der Waals surface area contributed by atoms with Gasteiger partial charge in [0.05, 0.1) is 7.11 Å². The van der Waals surface area contributed by atoms with E-state index in [0.29, 0.717) is 17.3 Å². The Labute approximate surface area is 106 Å². The quantitative estimate of drug-likeness (QED) is 0.879. The molecule has 1 aromatic rings. The standard InChI is InChI=1S/C12H16ClNO3/c1-8(12(15)16)14(2)7-9-4-5-10(13)6-11(9)17-3/h4-6,8H,7H2,1-3H3,(H,15,16). The summed E-state index contributed by atoms with van der Waals surface area (Å²) in [6.45, 7) is 2.14.